The van der Waals surface area contributed by atoms with Crippen molar-refractivity contribution in [3.63, 3.8) is 0 Å². The van der Waals surface area contributed by atoms with Crippen molar-refractivity contribution >= 4 is 28.1 Å². The molecule has 1 amide bonds. The Balaban J connectivity index is 1.24. The number of aromatic amines is 1. The molecule has 6 nitrogen and oxygen atoms in total. The van der Waals surface area contributed by atoms with Crippen molar-refractivity contribution in [1.82, 2.24) is 20.2 Å². The number of fused-ring (bicyclic) bond motifs is 2. The molecule has 3 N–H and O–H groups in total. The number of aromatic nitrogens is 2. The van der Waals surface area contributed by atoms with Gasteiger partial charge in [0.1, 0.15) is 10.7 Å². The minimum atomic E-state index is 0.0496. The van der Waals surface area contributed by atoms with Gasteiger partial charge in [0, 0.05) is 53.9 Å². The average molecular weight is 397 g/mol. The summed E-state index contributed by atoms with van der Waals surface area (Å²) in [4.78, 5) is 24.1. The van der Waals surface area contributed by atoms with Crippen LogP contribution in [-0.2, 0) is 19.5 Å². The maximum Gasteiger partial charge on any atom is 0.270 e. The molecule has 3 heterocycles. The number of hydrogen-bond acceptors (Lipinski definition) is 5. The molecule has 1 aliphatic carbocycles. The van der Waals surface area contributed by atoms with Gasteiger partial charge >= 0.3 is 0 Å². The monoisotopic (exact) mass is 396 g/mol. The van der Waals surface area contributed by atoms with E-state index < -0.39 is 0 Å². The average Bonchev–Trinajstić information content (AvgIpc) is 3.18. The van der Waals surface area contributed by atoms with E-state index in [2.05, 4.69) is 10.3 Å². The molecule has 28 heavy (non-hydrogen) atoms. The number of thiazole rings is 1. The van der Waals surface area contributed by atoms with Crippen LogP contribution in [0.4, 0.5) is 0 Å². The summed E-state index contributed by atoms with van der Waals surface area (Å²) in [5, 5.41) is 15.0. The van der Waals surface area contributed by atoms with E-state index in [-0.39, 0.29) is 17.9 Å². The van der Waals surface area contributed by atoms with Gasteiger partial charge in [-0.1, -0.05) is 18.2 Å². The van der Waals surface area contributed by atoms with Gasteiger partial charge in [0.15, 0.2) is 0 Å². The largest absolute Gasteiger partial charge is 0.396 e. The molecule has 2 aliphatic rings. The van der Waals surface area contributed by atoms with Gasteiger partial charge in [0.25, 0.3) is 5.91 Å². The highest BCUT2D eigenvalue weighted by Gasteiger charge is 2.41. The van der Waals surface area contributed by atoms with E-state index in [1.807, 2.05) is 35.2 Å². The minimum absolute atomic E-state index is 0.0496. The highest BCUT2D eigenvalue weighted by Crippen LogP contribution is 2.44. The van der Waals surface area contributed by atoms with Crippen molar-refractivity contribution in [2.75, 3.05) is 19.7 Å². The summed E-state index contributed by atoms with van der Waals surface area (Å²) in [5.41, 5.74) is 2.88. The summed E-state index contributed by atoms with van der Waals surface area (Å²) < 4.78 is 0. The number of nitrogens with one attached hydrogen (secondary N) is 2. The molecule has 1 saturated carbocycles. The first-order valence-corrected chi connectivity index (χ1v) is 10.6. The second kappa shape index (κ2) is 6.99. The predicted molar refractivity (Wildman–Crippen MR) is 109 cm³/mol. The Labute approximate surface area is 167 Å². The van der Waals surface area contributed by atoms with Gasteiger partial charge < -0.3 is 20.3 Å². The third-order valence-electron chi connectivity index (χ3n) is 5.89. The SMILES string of the molecule is O=C(c1cc2ccccc2[nH]1)N1CCc2nc(CNCC3(CO)CC3)sc2C1. The molecule has 146 valence electrons. The normalized spacial score (nSPS) is 17.7. The predicted octanol–water partition coefficient (Wildman–Crippen LogP) is 2.69. The molecule has 2 aromatic heterocycles. The number of para-hydroxylation sites is 1. The smallest absolute Gasteiger partial charge is 0.270 e. The van der Waals surface area contributed by atoms with Gasteiger partial charge in [-0.15, -0.1) is 11.3 Å². The summed E-state index contributed by atoms with van der Waals surface area (Å²) in [5.74, 6) is 0.0496. The lowest BCUT2D eigenvalue weighted by Gasteiger charge is -2.25. The van der Waals surface area contributed by atoms with Gasteiger partial charge in [-0.3, -0.25) is 4.79 Å². The minimum Gasteiger partial charge on any atom is -0.396 e. The zero-order valence-electron chi connectivity index (χ0n) is 15.7. The van der Waals surface area contributed by atoms with E-state index in [0.29, 0.717) is 18.8 Å². The molecule has 0 radical (unpaired) electrons. The number of benzene rings is 1. The standard InChI is InChI=1S/C21H24N4O2S/c26-13-21(6-7-21)12-22-10-19-24-16-5-8-25(11-18(16)28-19)20(27)17-9-14-3-1-2-4-15(14)23-17/h1-4,9,22-23,26H,5-8,10-13H2. The Bertz CT molecular complexity index is 988. The van der Waals surface area contributed by atoms with Crippen LogP contribution in [-0.4, -0.2) is 45.6 Å². The van der Waals surface area contributed by atoms with Gasteiger partial charge in [-0.05, 0) is 25.0 Å². The fourth-order valence-corrected chi connectivity index (χ4v) is 4.96. The summed E-state index contributed by atoms with van der Waals surface area (Å²) in [6.07, 6.45) is 3.02. The number of carbonyl (C=O) groups excluding carboxylic acids is 1. The fourth-order valence-electron chi connectivity index (χ4n) is 3.86. The van der Waals surface area contributed by atoms with Gasteiger partial charge in [-0.25, -0.2) is 4.98 Å². The molecule has 5 rings (SSSR count). The quantitative estimate of drug-likeness (QED) is 0.598. The fraction of sp³-hybridized carbons (Fsp3) is 0.429. The maximum absolute atomic E-state index is 13.0. The molecular weight excluding hydrogens is 372 g/mol. The van der Waals surface area contributed by atoms with E-state index in [4.69, 9.17) is 4.98 Å². The molecule has 3 aromatic rings. The van der Waals surface area contributed by atoms with Crippen LogP contribution in [0.1, 0.15) is 38.9 Å². The van der Waals surface area contributed by atoms with Crippen molar-refractivity contribution in [2.24, 2.45) is 5.41 Å². The van der Waals surface area contributed by atoms with Gasteiger partial charge in [0.2, 0.25) is 0 Å². The first kappa shape index (κ1) is 17.8. The molecule has 1 aromatic carbocycles. The third kappa shape index (κ3) is 3.34. The van der Waals surface area contributed by atoms with Crippen LogP contribution >= 0.6 is 11.3 Å². The highest BCUT2D eigenvalue weighted by atomic mass is 32.1. The summed E-state index contributed by atoms with van der Waals surface area (Å²) in [7, 11) is 0. The zero-order valence-corrected chi connectivity index (χ0v) is 16.5. The molecule has 0 saturated heterocycles. The van der Waals surface area contributed by atoms with Crippen LogP contribution in [0.3, 0.4) is 0 Å². The Kier molecular flexibility index (Phi) is 4.45. The number of aliphatic hydroxyl groups excluding tert-OH is 1. The van der Waals surface area contributed by atoms with Crippen LogP contribution in [0.5, 0.6) is 0 Å². The number of aliphatic hydroxyl groups is 1. The molecule has 7 heteroatoms. The summed E-state index contributed by atoms with van der Waals surface area (Å²) in [6, 6.07) is 9.90. The second-order valence-corrected chi connectivity index (χ2v) is 9.15. The topological polar surface area (TPSA) is 81.2 Å². The number of H-pyrrole nitrogens is 1. The number of amides is 1. The molecule has 0 atom stereocenters. The van der Waals surface area contributed by atoms with E-state index in [9.17, 15) is 9.90 Å². The van der Waals surface area contributed by atoms with Crippen molar-refractivity contribution in [1.29, 1.82) is 0 Å². The summed E-state index contributed by atoms with van der Waals surface area (Å²) in [6.45, 7) is 3.17. The Morgan fingerprint density at radius 2 is 2.21 bits per heavy atom. The van der Waals surface area contributed by atoms with E-state index in [0.717, 1.165) is 54.0 Å². The number of nitrogens with zero attached hydrogens (tertiary/aromatic N) is 2. The third-order valence-corrected chi connectivity index (χ3v) is 6.97. The van der Waals surface area contributed by atoms with Gasteiger partial charge in [-0.2, -0.15) is 0 Å². The number of hydrogen-bond donors (Lipinski definition) is 3. The zero-order chi connectivity index (χ0) is 19.1. The van der Waals surface area contributed by atoms with Crippen molar-refractivity contribution in [3.8, 4) is 0 Å². The Morgan fingerprint density at radius 1 is 1.36 bits per heavy atom. The first-order valence-electron chi connectivity index (χ1n) is 9.82. The molecule has 1 fully saturated rings. The van der Waals surface area contributed by atoms with Crippen LogP contribution in [0.15, 0.2) is 30.3 Å². The first-order chi connectivity index (χ1) is 13.7. The van der Waals surface area contributed by atoms with Crippen LogP contribution in [0, 0.1) is 5.41 Å². The lowest BCUT2D eigenvalue weighted by molar-refractivity contribution is 0.0731. The van der Waals surface area contributed by atoms with Gasteiger partial charge in [0.05, 0.1) is 12.2 Å². The van der Waals surface area contributed by atoms with Crippen LogP contribution < -0.4 is 5.32 Å². The number of carbonyl (C=O) groups is 1. The van der Waals surface area contributed by atoms with Crippen molar-refractivity contribution in [3.05, 3.63) is 51.6 Å². The summed E-state index contributed by atoms with van der Waals surface area (Å²) >= 11 is 1.70. The van der Waals surface area contributed by atoms with E-state index >= 15 is 0 Å². The molecule has 1 aliphatic heterocycles. The lowest BCUT2D eigenvalue weighted by atomic mass is 10.1. The maximum atomic E-state index is 13.0. The van der Waals surface area contributed by atoms with Crippen molar-refractivity contribution in [2.45, 2.75) is 32.4 Å². The molecular formula is C21H24N4O2S. The lowest BCUT2D eigenvalue weighted by Crippen LogP contribution is -2.35. The van der Waals surface area contributed by atoms with Crippen molar-refractivity contribution < 1.29 is 9.90 Å². The Morgan fingerprint density at radius 3 is 3.00 bits per heavy atom. The van der Waals surface area contributed by atoms with Crippen LogP contribution in [0.2, 0.25) is 0 Å². The van der Waals surface area contributed by atoms with Crippen LogP contribution in [0.25, 0.3) is 10.9 Å². The van der Waals surface area contributed by atoms with E-state index in [1.54, 1.807) is 11.3 Å². The van der Waals surface area contributed by atoms with E-state index in [1.165, 1.54) is 4.88 Å². The molecule has 0 spiro atoms. The molecule has 0 unspecified atom stereocenters. The highest BCUT2D eigenvalue weighted by molar-refractivity contribution is 7.11. The number of rotatable bonds is 6. The molecule has 0 bridgehead atoms. The second-order valence-electron chi connectivity index (χ2n) is 7.99. The Hall–Kier alpha value is -2.22.